The second-order valence-electron chi connectivity index (χ2n) is 7.97. The van der Waals surface area contributed by atoms with Gasteiger partial charge in [-0.1, -0.05) is 103 Å². The third-order valence-electron chi connectivity index (χ3n) is 5.55. The highest BCUT2D eigenvalue weighted by Crippen LogP contribution is 2.26. The Balaban J connectivity index is 1.34. The Morgan fingerprint density at radius 3 is 2.06 bits per heavy atom. The van der Waals surface area contributed by atoms with Gasteiger partial charge in [-0.25, -0.2) is 0 Å². The van der Waals surface area contributed by atoms with Crippen LogP contribution in [0.25, 0.3) is 11.6 Å². The number of benzene rings is 3. The number of aromatic nitrogens is 3. The third kappa shape index (κ3) is 5.53. The zero-order chi connectivity index (χ0) is 23.9. The van der Waals surface area contributed by atoms with Crippen LogP contribution in [0.5, 0.6) is 0 Å². The zero-order valence-electron chi connectivity index (χ0n) is 19.0. The van der Waals surface area contributed by atoms with E-state index in [1.54, 1.807) is 6.26 Å². The lowest BCUT2D eigenvalue weighted by atomic mass is 9.99. The summed E-state index contributed by atoms with van der Waals surface area (Å²) < 4.78 is 7.56. The van der Waals surface area contributed by atoms with Crippen molar-refractivity contribution in [3.63, 3.8) is 0 Å². The molecular formula is C28H24N4O2S. The predicted molar refractivity (Wildman–Crippen MR) is 137 cm³/mol. The minimum absolute atomic E-state index is 0.0819. The molecule has 5 aromatic rings. The monoisotopic (exact) mass is 480 g/mol. The molecule has 7 heteroatoms. The Morgan fingerprint density at radius 2 is 1.46 bits per heavy atom. The van der Waals surface area contributed by atoms with Crippen molar-refractivity contribution in [2.75, 3.05) is 5.75 Å². The number of carbonyl (C=O) groups excluding carboxylic acids is 1. The molecule has 0 radical (unpaired) electrons. The van der Waals surface area contributed by atoms with E-state index in [9.17, 15) is 4.79 Å². The first-order valence-electron chi connectivity index (χ1n) is 11.3. The molecule has 0 aliphatic heterocycles. The number of furan rings is 1. The fourth-order valence-corrected chi connectivity index (χ4v) is 4.62. The summed E-state index contributed by atoms with van der Waals surface area (Å²) in [6.45, 7) is 0.574. The molecule has 1 N–H and O–H groups in total. The lowest BCUT2D eigenvalue weighted by molar-refractivity contribution is -0.119. The van der Waals surface area contributed by atoms with E-state index < -0.39 is 0 Å². The summed E-state index contributed by atoms with van der Waals surface area (Å²) in [4.78, 5) is 13.1. The Hall–Kier alpha value is -4.10. The Kier molecular flexibility index (Phi) is 7.05. The number of rotatable bonds is 9. The summed E-state index contributed by atoms with van der Waals surface area (Å²) in [6, 6.07) is 33.5. The van der Waals surface area contributed by atoms with Crippen molar-refractivity contribution < 1.29 is 9.21 Å². The number of thioether (sulfide) groups is 1. The molecule has 0 aliphatic rings. The standard InChI is InChI=1S/C28H24N4O2S/c33-25(29-26(22-13-6-2-7-14-22)23-15-8-3-9-16-23)20-35-28-31-30-27(24-17-10-18-34-24)32(28)19-21-11-4-1-5-12-21/h1-18,26H,19-20H2,(H,29,33). The van der Waals surface area contributed by atoms with Crippen molar-refractivity contribution in [1.82, 2.24) is 20.1 Å². The van der Waals surface area contributed by atoms with Gasteiger partial charge in [0, 0.05) is 0 Å². The van der Waals surface area contributed by atoms with Crippen molar-refractivity contribution in [3.8, 4) is 11.6 Å². The fourth-order valence-electron chi connectivity index (χ4n) is 3.87. The molecule has 35 heavy (non-hydrogen) atoms. The van der Waals surface area contributed by atoms with Crippen LogP contribution in [0.2, 0.25) is 0 Å². The van der Waals surface area contributed by atoms with Gasteiger partial charge >= 0.3 is 0 Å². The molecule has 3 aromatic carbocycles. The van der Waals surface area contributed by atoms with E-state index in [4.69, 9.17) is 4.42 Å². The molecular weight excluding hydrogens is 456 g/mol. The van der Waals surface area contributed by atoms with Crippen LogP contribution in [0.1, 0.15) is 22.7 Å². The van der Waals surface area contributed by atoms with Gasteiger partial charge in [0.2, 0.25) is 11.7 Å². The maximum absolute atomic E-state index is 13.1. The molecule has 1 amide bonds. The highest BCUT2D eigenvalue weighted by Gasteiger charge is 2.20. The van der Waals surface area contributed by atoms with Gasteiger partial charge in [-0.15, -0.1) is 10.2 Å². The van der Waals surface area contributed by atoms with E-state index in [-0.39, 0.29) is 17.7 Å². The minimum Gasteiger partial charge on any atom is -0.461 e. The van der Waals surface area contributed by atoms with Crippen LogP contribution in [-0.2, 0) is 11.3 Å². The number of hydrogen-bond donors (Lipinski definition) is 1. The first-order valence-corrected chi connectivity index (χ1v) is 12.3. The Bertz CT molecular complexity index is 1310. The van der Waals surface area contributed by atoms with Crippen LogP contribution in [-0.4, -0.2) is 26.4 Å². The topological polar surface area (TPSA) is 73.0 Å². The summed E-state index contributed by atoms with van der Waals surface area (Å²) in [6.07, 6.45) is 1.62. The quantitative estimate of drug-likeness (QED) is 0.279. The van der Waals surface area contributed by atoms with Crippen molar-refractivity contribution in [3.05, 3.63) is 126 Å². The summed E-state index contributed by atoms with van der Waals surface area (Å²) in [5.41, 5.74) is 3.17. The molecule has 174 valence electrons. The first kappa shape index (κ1) is 22.7. The van der Waals surface area contributed by atoms with Crippen LogP contribution in [0.15, 0.2) is 119 Å². The molecule has 0 fully saturated rings. The van der Waals surface area contributed by atoms with Crippen LogP contribution >= 0.6 is 11.8 Å². The normalized spacial score (nSPS) is 11.0. The van der Waals surface area contributed by atoms with Gasteiger partial charge in [0.1, 0.15) is 0 Å². The second kappa shape index (κ2) is 10.9. The second-order valence-corrected chi connectivity index (χ2v) is 8.91. The van der Waals surface area contributed by atoms with Gasteiger partial charge in [0.15, 0.2) is 10.9 Å². The van der Waals surface area contributed by atoms with E-state index in [2.05, 4.69) is 27.6 Å². The molecule has 5 rings (SSSR count). The van der Waals surface area contributed by atoms with Gasteiger partial charge in [0.25, 0.3) is 0 Å². The van der Waals surface area contributed by atoms with E-state index in [1.807, 2.05) is 95.6 Å². The van der Waals surface area contributed by atoms with Gasteiger partial charge in [-0.3, -0.25) is 9.36 Å². The third-order valence-corrected chi connectivity index (χ3v) is 6.51. The highest BCUT2D eigenvalue weighted by molar-refractivity contribution is 7.99. The van der Waals surface area contributed by atoms with Crippen molar-refractivity contribution >= 4 is 17.7 Å². The zero-order valence-corrected chi connectivity index (χ0v) is 19.8. The minimum atomic E-state index is -0.230. The Labute approximate surface area is 208 Å². The summed E-state index contributed by atoms with van der Waals surface area (Å²) in [5.74, 6) is 1.40. The molecule has 0 bridgehead atoms. The summed E-state index contributed by atoms with van der Waals surface area (Å²) >= 11 is 1.36. The molecule has 0 unspecified atom stereocenters. The molecule has 6 nitrogen and oxygen atoms in total. The predicted octanol–water partition coefficient (Wildman–Crippen LogP) is 5.58. The number of hydrogen-bond acceptors (Lipinski definition) is 5. The SMILES string of the molecule is O=C(CSc1nnc(-c2ccco2)n1Cc1ccccc1)NC(c1ccccc1)c1ccccc1. The van der Waals surface area contributed by atoms with Gasteiger partial charge in [0.05, 0.1) is 24.6 Å². The van der Waals surface area contributed by atoms with Gasteiger partial charge in [-0.2, -0.15) is 0 Å². The van der Waals surface area contributed by atoms with E-state index in [0.717, 1.165) is 16.7 Å². The number of carbonyl (C=O) groups is 1. The molecule has 0 aliphatic carbocycles. The van der Waals surface area contributed by atoms with Crippen LogP contribution in [0.3, 0.4) is 0 Å². The van der Waals surface area contributed by atoms with Gasteiger partial charge in [-0.05, 0) is 28.8 Å². The largest absolute Gasteiger partial charge is 0.461 e. The fraction of sp³-hybridized carbons (Fsp3) is 0.107. The smallest absolute Gasteiger partial charge is 0.231 e. The molecule has 0 saturated heterocycles. The average Bonchev–Trinajstić information content (AvgIpc) is 3.58. The Morgan fingerprint density at radius 1 is 0.829 bits per heavy atom. The molecule has 2 heterocycles. The van der Waals surface area contributed by atoms with Crippen molar-refractivity contribution in [1.29, 1.82) is 0 Å². The van der Waals surface area contributed by atoms with E-state index in [0.29, 0.717) is 23.3 Å². The number of nitrogens with one attached hydrogen (secondary N) is 1. The summed E-state index contributed by atoms with van der Waals surface area (Å²) in [5, 5.41) is 12.6. The van der Waals surface area contributed by atoms with Gasteiger partial charge < -0.3 is 9.73 Å². The maximum atomic E-state index is 13.1. The number of nitrogens with zero attached hydrogens (tertiary/aromatic N) is 3. The van der Waals surface area contributed by atoms with E-state index >= 15 is 0 Å². The molecule has 0 saturated carbocycles. The first-order chi connectivity index (χ1) is 17.3. The average molecular weight is 481 g/mol. The van der Waals surface area contributed by atoms with Crippen LogP contribution < -0.4 is 5.32 Å². The lowest BCUT2D eigenvalue weighted by Gasteiger charge is -2.20. The molecule has 2 aromatic heterocycles. The molecule has 0 atom stereocenters. The van der Waals surface area contributed by atoms with Crippen molar-refractivity contribution in [2.45, 2.75) is 17.7 Å². The molecule has 0 spiro atoms. The number of amides is 1. The highest BCUT2D eigenvalue weighted by atomic mass is 32.2. The summed E-state index contributed by atoms with van der Waals surface area (Å²) in [7, 11) is 0. The van der Waals surface area contributed by atoms with Crippen molar-refractivity contribution in [2.24, 2.45) is 0 Å². The van der Waals surface area contributed by atoms with Crippen LogP contribution in [0.4, 0.5) is 0 Å². The maximum Gasteiger partial charge on any atom is 0.231 e. The lowest BCUT2D eigenvalue weighted by Crippen LogP contribution is -2.30. The van der Waals surface area contributed by atoms with Crippen LogP contribution in [0, 0.1) is 0 Å². The van der Waals surface area contributed by atoms with E-state index in [1.165, 1.54) is 11.8 Å².